The number of nitrogens with one attached hydrogen (secondary N) is 1. The second-order valence-corrected chi connectivity index (χ2v) is 4.94. The number of aromatic nitrogens is 3. The number of ether oxygens (including phenoxy) is 1. The fourth-order valence-electron chi connectivity index (χ4n) is 2.37. The van der Waals surface area contributed by atoms with Crippen LogP contribution in [0.1, 0.15) is 18.8 Å². The molecular weight excluding hydrogens is 282 g/mol. The largest absolute Gasteiger partial charge is 0.377 e. The second-order valence-electron chi connectivity index (χ2n) is 4.94. The van der Waals surface area contributed by atoms with Crippen LogP contribution in [-0.4, -0.2) is 45.5 Å². The zero-order chi connectivity index (χ0) is 15.4. The fourth-order valence-corrected chi connectivity index (χ4v) is 2.37. The van der Waals surface area contributed by atoms with E-state index in [1.807, 2.05) is 18.2 Å². The van der Waals surface area contributed by atoms with Gasteiger partial charge in [-0.2, -0.15) is 0 Å². The van der Waals surface area contributed by atoms with E-state index in [1.165, 1.54) is 0 Å². The van der Waals surface area contributed by atoms with E-state index in [1.54, 1.807) is 30.3 Å². The van der Waals surface area contributed by atoms with Crippen LogP contribution in [0.3, 0.4) is 0 Å². The van der Waals surface area contributed by atoms with Gasteiger partial charge < -0.3 is 15.0 Å². The van der Waals surface area contributed by atoms with Gasteiger partial charge in [0.2, 0.25) is 5.91 Å². The summed E-state index contributed by atoms with van der Waals surface area (Å²) in [5.41, 5.74) is 0. The minimum Gasteiger partial charge on any atom is -0.377 e. The molecule has 0 aliphatic carbocycles. The first kappa shape index (κ1) is 14.4. The molecule has 7 nitrogen and oxygen atoms in total. The van der Waals surface area contributed by atoms with E-state index in [-0.39, 0.29) is 11.9 Å². The molecule has 1 aliphatic heterocycles. The van der Waals surface area contributed by atoms with E-state index >= 15 is 0 Å². The van der Waals surface area contributed by atoms with Crippen LogP contribution in [0.5, 0.6) is 0 Å². The molecule has 1 atom stereocenters. The van der Waals surface area contributed by atoms with Gasteiger partial charge in [0.15, 0.2) is 5.82 Å². The van der Waals surface area contributed by atoms with Crippen molar-refractivity contribution in [1.82, 2.24) is 19.9 Å². The van der Waals surface area contributed by atoms with Crippen molar-refractivity contribution in [3.63, 3.8) is 0 Å². The molecular formula is C15H17N5O2. The van der Waals surface area contributed by atoms with Gasteiger partial charge in [0.1, 0.15) is 17.7 Å². The zero-order valence-electron chi connectivity index (χ0n) is 12.3. The molecule has 1 unspecified atom stereocenters. The van der Waals surface area contributed by atoms with Gasteiger partial charge in [0, 0.05) is 25.9 Å². The van der Waals surface area contributed by atoms with Crippen LogP contribution in [0.25, 0.3) is 0 Å². The minimum absolute atomic E-state index is 0.0000108. The van der Waals surface area contributed by atoms with E-state index in [2.05, 4.69) is 20.3 Å². The average Bonchev–Trinajstić information content (AvgIpc) is 2.56. The minimum atomic E-state index is -0.253. The van der Waals surface area contributed by atoms with Crippen LogP contribution in [0.2, 0.25) is 0 Å². The summed E-state index contributed by atoms with van der Waals surface area (Å²) in [5.74, 6) is 1.91. The Morgan fingerprint density at radius 3 is 2.95 bits per heavy atom. The Morgan fingerprint density at radius 1 is 1.27 bits per heavy atom. The monoisotopic (exact) mass is 299 g/mol. The molecule has 3 heterocycles. The summed E-state index contributed by atoms with van der Waals surface area (Å²) in [4.78, 5) is 26.5. The Hall–Kier alpha value is -2.54. The van der Waals surface area contributed by atoms with Crippen molar-refractivity contribution in [2.75, 3.05) is 25.1 Å². The van der Waals surface area contributed by atoms with Gasteiger partial charge in [-0.1, -0.05) is 6.07 Å². The molecule has 2 aromatic heterocycles. The van der Waals surface area contributed by atoms with Gasteiger partial charge in [-0.25, -0.2) is 15.0 Å². The van der Waals surface area contributed by atoms with Crippen molar-refractivity contribution in [3.05, 3.63) is 42.5 Å². The molecule has 1 saturated heterocycles. The Morgan fingerprint density at radius 2 is 2.18 bits per heavy atom. The van der Waals surface area contributed by atoms with Crippen molar-refractivity contribution in [2.24, 2.45) is 0 Å². The molecule has 7 heteroatoms. The summed E-state index contributed by atoms with van der Waals surface area (Å²) in [7, 11) is 0. The molecule has 0 spiro atoms. The van der Waals surface area contributed by atoms with Crippen molar-refractivity contribution in [1.29, 1.82) is 0 Å². The normalized spacial score (nSPS) is 18.0. The summed E-state index contributed by atoms with van der Waals surface area (Å²) in [6, 6.07) is 7.11. The molecule has 114 valence electrons. The number of rotatable bonds is 3. The zero-order valence-corrected chi connectivity index (χ0v) is 12.3. The number of amides is 1. The van der Waals surface area contributed by atoms with Crippen LogP contribution in [0, 0.1) is 0 Å². The first-order valence-electron chi connectivity index (χ1n) is 7.10. The van der Waals surface area contributed by atoms with E-state index < -0.39 is 0 Å². The van der Waals surface area contributed by atoms with Crippen molar-refractivity contribution < 1.29 is 9.53 Å². The first-order valence-corrected chi connectivity index (χ1v) is 7.10. The summed E-state index contributed by atoms with van der Waals surface area (Å²) < 4.78 is 5.47. The number of carbonyl (C=O) groups excluding carboxylic acids is 1. The Balaban J connectivity index is 1.82. The molecule has 2 aromatic rings. The number of pyridine rings is 1. The SMILES string of the molecule is CC(=O)N1CCOCC1c1nccc(Nc2ccccn2)n1. The highest BCUT2D eigenvalue weighted by atomic mass is 16.5. The van der Waals surface area contributed by atoms with Crippen molar-refractivity contribution >= 4 is 17.5 Å². The quantitative estimate of drug-likeness (QED) is 0.926. The molecule has 1 aliphatic rings. The number of hydrogen-bond acceptors (Lipinski definition) is 6. The van der Waals surface area contributed by atoms with Gasteiger partial charge in [0.25, 0.3) is 0 Å². The van der Waals surface area contributed by atoms with Crippen molar-refractivity contribution in [2.45, 2.75) is 13.0 Å². The molecule has 3 rings (SSSR count). The molecule has 1 fully saturated rings. The van der Waals surface area contributed by atoms with Gasteiger partial charge >= 0.3 is 0 Å². The number of carbonyl (C=O) groups is 1. The summed E-state index contributed by atoms with van der Waals surface area (Å²) in [5, 5.41) is 3.12. The highest BCUT2D eigenvalue weighted by Crippen LogP contribution is 2.22. The molecule has 1 amide bonds. The maximum atomic E-state index is 11.7. The lowest BCUT2D eigenvalue weighted by molar-refractivity contribution is -0.138. The third-order valence-corrected chi connectivity index (χ3v) is 3.43. The van der Waals surface area contributed by atoms with E-state index in [9.17, 15) is 4.79 Å². The summed E-state index contributed by atoms with van der Waals surface area (Å²) in [6.45, 7) is 3.06. The molecule has 0 aromatic carbocycles. The van der Waals surface area contributed by atoms with E-state index in [0.29, 0.717) is 37.2 Å². The third kappa shape index (κ3) is 3.20. The van der Waals surface area contributed by atoms with Gasteiger partial charge in [0.05, 0.1) is 13.2 Å². The lowest BCUT2D eigenvalue weighted by Gasteiger charge is -2.33. The first-order chi connectivity index (χ1) is 10.7. The maximum Gasteiger partial charge on any atom is 0.220 e. The Labute approximate surface area is 128 Å². The average molecular weight is 299 g/mol. The standard InChI is InChI=1S/C15H17N5O2/c1-11(21)20-8-9-22-10-12(20)15-17-7-5-14(19-15)18-13-4-2-3-6-16-13/h2-7,12H,8-10H2,1H3,(H,16,17,18,19). The molecule has 0 saturated carbocycles. The van der Waals surface area contributed by atoms with Crippen LogP contribution >= 0.6 is 0 Å². The Bertz CT molecular complexity index is 649. The third-order valence-electron chi connectivity index (χ3n) is 3.43. The lowest BCUT2D eigenvalue weighted by atomic mass is 10.2. The number of anilines is 2. The van der Waals surface area contributed by atoms with Crippen LogP contribution < -0.4 is 5.32 Å². The number of morpholine rings is 1. The predicted molar refractivity (Wildman–Crippen MR) is 80.5 cm³/mol. The smallest absolute Gasteiger partial charge is 0.220 e. The van der Waals surface area contributed by atoms with Gasteiger partial charge in [-0.15, -0.1) is 0 Å². The molecule has 0 bridgehead atoms. The predicted octanol–water partition coefficient (Wildman–Crippen LogP) is 1.53. The maximum absolute atomic E-state index is 11.7. The highest BCUT2D eigenvalue weighted by Gasteiger charge is 2.28. The Kier molecular flexibility index (Phi) is 4.24. The second kappa shape index (κ2) is 6.48. The molecule has 1 N–H and O–H groups in total. The fraction of sp³-hybridized carbons (Fsp3) is 0.333. The van der Waals surface area contributed by atoms with Crippen LogP contribution in [0.15, 0.2) is 36.7 Å². The highest BCUT2D eigenvalue weighted by molar-refractivity contribution is 5.73. The summed E-state index contributed by atoms with van der Waals surface area (Å²) >= 11 is 0. The lowest BCUT2D eigenvalue weighted by Crippen LogP contribution is -2.43. The van der Waals surface area contributed by atoms with Crippen molar-refractivity contribution in [3.8, 4) is 0 Å². The topological polar surface area (TPSA) is 80.2 Å². The van der Waals surface area contributed by atoms with E-state index in [4.69, 9.17) is 4.74 Å². The van der Waals surface area contributed by atoms with Crippen LogP contribution in [0.4, 0.5) is 11.6 Å². The van der Waals surface area contributed by atoms with Gasteiger partial charge in [-0.3, -0.25) is 4.79 Å². The number of nitrogens with zero attached hydrogens (tertiary/aromatic N) is 4. The molecule has 22 heavy (non-hydrogen) atoms. The number of hydrogen-bond donors (Lipinski definition) is 1. The van der Waals surface area contributed by atoms with E-state index in [0.717, 1.165) is 0 Å². The van der Waals surface area contributed by atoms with Crippen LogP contribution in [-0.2, 0) is 9.53 Å². The summed E-state index contributed by atoms with van der Waals surface area (Å²) in [6.07, 6.45) is 3.37. The van der Waals surface area contributed by atoms with Gasteiger partial charge in [-0.05, 0) is 18.2 Å². The molecule has 0 radical (unpaired) electrons.